The number of halogens is 1. The van der Waals surface area contributed by atoms with Crippen molar-refractivity contribution in [3.8, 4) is 0 Å². The molecule has 0 aliphatic heterocycles. The average Bonchev–Trinajstić information content (AvgIpc) is 2.41. The molecule has 0 saturated heterocycles. The van der Waals surface area contributed by atoms with Gasteiger partial charge in [0, 0.05) is 24.8 Å². The molecule has 0 aliphatic carbocycles. The van der Waals surface area contributed by atoms with E-state index in [1.165, 1.54) is 12.8 Å². The fourth-order valence-corrected chi connectivity index (χ4v) is 2.37. The summed E-state index contributed by atoms with van der Waals surface area (Å²) >= 11 is 0. The first-order valence-electron chi connectivity index (χ1n) is 7.41. The second kappa shape index (κ2) is 8.16. The summed E-state index contributed by atoms with van der Waals surface area (Å²) < 4.78 is 13.5. The third-order valence-corrected chi connectivity index (χ3v) is 3.47. The second-order valence-corrected chi connectivity index (χ2v) is 4.92. The van der Waals surface area contributed by atoms with Crippen molar-refractivity contribution in [2.45, 2.75) is 46.6 Å². The van der Waals surface area contributed by atoms with Gasteiger partial charge in [-0.3, -0.25) is 0 Å². The van der Waals surface area contributed by atoms with Crippen molar-refractivity contribution in [2.75, 3.05) is 24.5 Å². The van der Waals surface area contributed by atoms with E-state index >= 15 is 0 Å². The van der Waals surface area contributed by atoms with Crippen molar-refractivity contribution in [2.24, 2.45) is 0 Å². The van der Waals surface area contributed by atoms with Gasteiger partial charge in [-0.2, -0.15) is 0 Å². The summed E-state index contributed by atoms with van der Waals surface area (Å²) in [6.07, 6.45) is 2.34. The maximum absolute atomic E-state index is 13.5. The van der Waals surface area contributed by atoms with Crippen LogP contribution < -0.4 is 10.2 Å². The molecule has 3 heteroatoms. The number of nitrogens with zero attached hydrogens (tertiary/aromatic N) is 1. The molecule has 1 aromatic carbocycles. The van der Waals surface area contributed by atoms with E-state index in [1.807, 2.05) is 6.07 Å². The number of nitrogens with one attached hydrogen (secondary N) is 1. The van der Waals surface area contributed by atoms with Crippen LogP contribution in [0.1, 0.15) is 52.1 Å². The highest BCUT2D eigenvalue weighted by atomic mass is 19.1. The number of anilines is 1. The zero-order chi connectivity index (χ0) is 14.3. The Morgan fingerprint density at radius 3 is 2.58 bits per heavy atom. The van der Waals surface area contributed by atoms with E-state index < -0.39 is 0 Å². The Bertz CT molecular complexity index is 379. The van der Waals surface area contributed by atoms with Crippen molar-refractivity contribution >= 4 is 5.69 Å². The fourth-order valence-electron chi connectivity index (χ4n) is 2.37. The molecule has 1 atom stereocenters. The summed E-state index contributed by atoms with van der Waals surface area (Å²) in [5, 5.41) is 3.37. The molecule has 0 aliphatic rings. The summed E-state index contributed by atoms with van der Waals surface area (Å²) in [5.41, 5.74) is 2.21. The van der Waals surface area contributed by atoms with Crippen molar-refractivity contribution < 1.29 is 4.39 Å². The lowest BCUT2D eigenvalue weighted by atomic mass is 10.0. The van der Waals surface area contributed by atoms with Crippen LogP contribution in [-0.2, 0) is 0 Å². The Balaban J connectivity index is 3.02. The molecule has 0 radical (unpaired) electrons. The van der Waals surface area contributed by atoms with Crippen molar-refractivity contribution in [1.29, 1.82) is 0 Å². The number of benzene rings is 1. The van der Waals surface area contributed by atoms with Crippen LogP contribution in [0.15, 0.2) is 18.2 Å². The van der Waals surface area contributed by atoms with Gasteiger partial charge in [-0.05, 0) is 50.6 Å². The van der Waals surface area contributed by atoms with Crippen LogP contribution in [0.4, 0.5) is 10.1 Å². The third-order valence-electron chi connectivity index (χ3n) is 3.47. The molecule has 1 aromatic rings. The van der Waals surface area contributed by atoms with Crippen LogP contribution in [0, 0.1) is 5.82 Å². The molecule has 0 heterocycles. The molecule has 0 bridgehead atoms. The SMILES string of the molecule is CCCCN(CC)c1ccc(F)cc1C(C)NCC. The topological polar surface area (TPSA) is 15.3 Å². The van der Waals surface area contributed by atoms with Crippen LogP contribution in [-0.4, -0.2) is 19.6 Å². The average molecular weight is 266 g/mol. The molecule has 1 rings (SSSR count). The van der Waals surface area contributed by atoms with Gasteiger partial charge in [0.05, 0.1) is 0 Å². The van der Waals surface area contributed by atoms with Gasteiger partial charge in [0.2, 0.25) is 0 Å². The van der Waals surface area contributed by atoms with Crippen molar-refractivity contribution in [3.05, 3.63) is 29.6 Å². The van der Waals surface area contributed by atoms with E-state index in [9.17, 15) is 4.39 Å². The maximum Gasteiger partial charge on any atom is 0.123 e. The molecule has 1 N–H and O–H groups in total. The van der Waals surface area contributed by atoms with E-state index in [1.54, 1.807) is 12.1 Å². The minimum Gasteiger partial charge on any atom is -0.372 e. The Morgan fingerprint density at radius 2 is 2.00 bits per heavy atom. The molecular formula is C16H27FN2. The van der Waals surface area contributed by atoms with Gasteiger partial charge in [-0.15, -0.1) is 0 Å². The molecule has 19 heavy (non-hydrogen) atoms. The normalized spacial score (nSPS) is 12.5. The quantitative estimate of drug-likeness (QED) is 0.761. The Labute approximate surface area is 117 Å². The van der Waals surface area contributed by atoms with Gasteiger partial charge in [0.25, 0.3) is 0 Å². The van der Waals surface area contributed by atoms with E-state index in [-0.39, 0.29) is 11.9 Å². The summed E-state index contributed by atoms with van der Waals surface area (Å²) in [6.45, 7) is 11.4. The summed E-state index contributed by atoms with van der Waals surface area (Å²) in [6, 6.07) is 5.31. The summed E-state index contributed by atoms with van der Waals surface area (Å²) in [7, 11) is 0. The van der Waals surface area contributed by atoms with Crippen LogP contribution in [0.2, 0.25) is 0 Å². The van der Waals surface area contributed by atoms with Gasteiger partial charge in [0.1, 0.15) is 5.82 Å². The van der Waals surface area contributed by atoms with E-state index in [2.05, 4.69) is 37.9 Å². The van der Waals surface area contributed by atoms with Crippen molar-refractivity contribution in [1.82, 2.24) is 5.32 Å². The molecular weight excluding hydrogens is 239 g/mol. The highest BCUT2D eigenvalue weighted by molar-refractivity contribution is 5.55. The van der Waals surface area contributed by atoms with Gasteiger partial charge < -0.3 is 10.2 Å². The lowest BCUT2D eigenvalue weighted by Gasteiger charge is -2.28. The molecule has 0 spiro atoms. The van der Waals surface area contributed by atoms with Gasteiger partial charge in [-0.1, -0.05) is 20.3 Å². The number of unbranched alkanes of at least 4 members (excludes halogenated alkanes) is 1. The highest BCUT2D eigenvalue weighted by Crippen LogP contribution is 2.27. The molecule has 0 saturated carbocycles. The minimum absolute atomic E-state index is 0.157. The smallest absolute Gasteiger partial charge is 0.123 e. The summed E-state index contributed by atoms with van der Waals surface area (Å²) in [5.74, 6) is -0.157. The van der Waals surface area contributed by atoms with Crippen LogP contribution in [0.3, 0.4) is 0 Å². The largest absolute Gasteiger partial charge is 0.372 e. The maximum atomic E-state index is 13.5. The first-order chi connectivity index (χ1) is 9.13. The predicted octanol–water partition coefficient (Wildman–Crippen LogP) is 4.12. The van der Waals surface area contributed by atoms with Gasteiger partial charge >= 0.3 is 0 Å². The van der Waals surface area contributed by atoms with Crippen molar-refractivity contribution in [3.63, 3.8) is 0 Å². The number of hydrogen-bond donors (Lipinski definition) is 1. The first-order valence-corrected chi connectivity index (χ1v) is 7.41. The van der Waals surface area contributed by atoms with E-state index in [0.717, 1.165) is 30.9 Å². The highest BCUT2D eigenvalue weighted by Gasteiger charge is 2.15. The number of hydrogen-bond acceptors (Lipinski definition) is 2. The summed E-state index contributed by atoms with van der Waals surface area (Å²) in [4.78, 5) is 2.34. The van der Waals surface area contributed by atoms with Crippen LogP contribution >= 0.6 is 0 Å². The van der Waals surface area contributed by atoms with E-state index in [0.29, 0.717) is 0 Å². The Kier molecular flexibility index (Phi) is 6.85. The van der Waals surface area contributed by atoms with Gasteiger partial charge in [0.15, 0.2) is 0 Å². The lowest BCUT2D eigenvalue weighted by Crippen LogP contribution is -2.27. The zero-order valence-corrected chi connectivity index (χ0v) is 12.7. The van der Waals surface area contributed by atoms with Crippen LogP contribution in [0.25, 0.3) is 0 Å². The minimum atomic E-state index is -0.157. The fraction of sp³-hybridized carbons (Fsp3) is 0.625. The first kappa shape index (κ1) is 16.0. The molecule has 0 fully saturated rings. The zero-order valence-electron chi connectivity index (χ0n) is 12.7. The van der Waals surface area contributed by atoms with Crippen LogP contribution in [0.5, 0.6) is 0 Å². The van der Waals surface area contributed by atoms with E-state index in [4.69, 9.17) is 0 Å². The molecule has 0 aromatic heterocycles. The number of rotatable bonds is 8. The molecule has 0 amide bonds. The Hall–Kier alpha value is -1.09. The monoisotopic (exact) mass is 266 g/mol. The Morgan fingerprint density at radius 1 is 1.26 bits per heavy atom. The standard InChI is InChI=1S/C16H27FN2/c1-5-8-11-19(7-3)16-10-9-14(17)12-15(16)13(4)18-6-2/h9-10,12-13,18H,5-8,11H2,1-4H3. The lowest BCUT2D eigenvalue weighted by molar-refractivity contribution is 0.580. The van der Waals surface area contributed by atoms with Gasteiger partial charge in [-0.25, -0.2) is 4.39 Å². The molecule has 108 valence electrons. The predicted molar refractivity (Wildman–Crippen MR) is 81.3 cm³/mol. The second-order valence-electron chi connectivity index (χ2n) is 4.92. The molecule has 1 unspecified atom stereocenters. The molecule has 2 nitrogen and oxygen atoms in total. The third kappa shape index (κ3) is 4.50.